The molecule has 0 spiro atoms. The van der Waals surface area contributed by atoms with Gasteiger partial charge in [0.25, 0.3) is 0 Å². The molecule has 2 aromatic rings. The highest BCUT2D eigenvalue weighted by atomic mass is 35.5. The molecule has 0 aliphatic rings. The van der Waals surface area contributed by atoms with Crippen molar-refractivity contribution in [1.29, 1.82) is 0 Å². The molecule has 0 bridgehead atoms. The Kier molecular flexibility index (Phi) is 3.81. The van der Waals surface area contributed by atoms with Gasteiger partial charge in [-0.3, -0.25) is 0 Å². The van der Waals surface area contributed by atoms with Crippen LogP contribution in [0.25, 0.3) is 0 Å². The molecule has 3 heteroatoms. The Morgan fingerprint density at radius 2 is 1.47 bits per heavy atom. The predicted octanol–water partition coefficient (Wildman–Crippen LogP) is 5.07. The van der Waals surface area contributed by atoms with Gasteiger partial charge in [0, 0.05) is 16.3 Å². The number of benzene rings is 1. The van der Waals surface area contributed by atoms with Gasteiger partial charge >= 0.3 is 0 Å². The molecule has 1 heterocycles. The van der Waals surface area contributed by atoms with Crippen molar-refractivity contribution in [3.63, 3.8) is 0 Å². The van der Waals surface area contributed by atoms with Gasteiger partial charge in [0.15, 0.2) is 0 Å². The zero-order valence-corrected chi connectivity index (χ0v) is 12.7. The molecule has 1 aromatic heterocycles. The molecule has 2 rings (SSSR count). The molecule has 0 atom stereocenters. The minimum atomic E-state index is 0.672. The monoisotopic (exact) mass is 275 g/mol. The van der Waals surface area contributed by atoms with Crippen LogP contribution in [-0.2, 0) is 0 Å². The quantitative estimate of drug-likeness (QED) is 0.763. The third kappa shape index (κ3) is 2.90. The molecule has 0 radical (unpaired) electrons. The first-order valence-corrected chi connectivity index (χ1v) is 6.65. The molecule has 2 nitrogen and oxygen atoms in total. The maximum Gasteiger partial charge on any atom is 0.222 e. The molecule has 0 unspecified atom stereocenters. The number of aryl methyl sites for hydroxylation is 4. The summed E-state index contributed by atoms with van der Waals surface area (Å²) in [6.07, 6.45) is 0. The van der Waals surface area contributed by atoms with E-state index in [2.05, 4.69) is 18.0 Å². The van der Waals surface area contributed by atoms with Crippen LogP contribution in [0.15, 0.2) is 18.2 Å². The molecule has 0 aliphatic heterocycles. The van der Waals surface area contributed by atoms with Crippen molar-refractivity contribution in [3.05, 3.63) is 51.2 Å². The topological polar surface area (TPSA) is 22.1 Å². The van der Waals surface area contributed by atoms with Crippen molar-refractivity contribution < 1.29 is 4.74 Å². The second kappa shape index (κ2) is 5.22. The fraction of sp³-hybridized carbons (Fsp3) is 0.312. The highest BCUT2D eigenvalue weighted by Gasteiger charge is 2.11. The minimum absolute atomic E-state index is 0.672. The van der Waals surface area contributed by atoms with E-state index in [0.29, 0.717) is 5.88 Å². The van der Waals surface area contributed by atoms with Crippen molar-refractivity contribution in [2.45, 2.75) is 34.6 Å². The molecule has 0 N–H and O–H groups in total. The zero-order valence-electron chi connectivity index (χ0n) is 12.0. The van der Waals surface area contributed by atoms with Crippen molar-refractivity contribution in [1.82, 2.24) is 4.98 Å². The second-order valence-electron chi connectivity index (χ2n) is 4.98. The van der Waals surface area contributed by atoms with Gasteiger partial charge in [-0.1, -0.05) is 11.6 Å². The number of halogens is 1. The van der Waals surface area contributed by atoms with Gasteiger partial charge < -0.3 is 4.74 Å². The Labute approximate surface area is 119 Å². The standard InChI is InChI=1S/C16H18ClNO/c1-9-6-12(4)18-16(13(9)5)19-15-10(2)7-14(17)8-11(15)3/h6-8H,1-5H3. The van der Waals surface area contributed by atoms with E-state index < -0.39 is 0 Å². The number of pyridine rings is 1. The molecule has 100 valence electrons. The van der Waals surface area contributed by atoms with E-state index in [1.165, 1.54) is 5.56 Å². The second-order valence-corrected chi connectivity index (χ2v) is 5.42. The molecule has 0 amide bonds. The lowest BCUT2D eigenvalue weighted by Crippen LogP contribution is -1.98. The maximum atomic E-state index is 6.04. The molecule has 1 aromatic carbocycles. The van der Waals surface area contributed by atoms with Gasteiger partial charge in [0.05, 0.1) is 0 Å². The third-order valence-electron chi connectivity index (χ3n) is 3.24. The largest absolute Gasteiger partial charge is 0.438 e. The Bertz CT molecular complexity index is 612. The zero-order chi connectivity index (χ0) is 14.2. The van der Waals surface area contributed by atoms with Crippen LogP contribution in [0.2, 0.25) is 5.02 Å². The van der Waals surface area contributed by atoms with Crippen molar-refractivity contribution in [2.75, 3.05) is 0 Å². The predicted molar refractivity (Wildman–Crippen MR) is 79.4 cm³/mol. The summed E-state index contributed by atoms with van der Waals surface area (Å²) < 4.78 is 6.02. The minimum Gasteiger partial charge on any atom is -0.438 e. The molecule has 19 heavy (non-hydrogen) atoms. The van der Waals surface area contributed by atoms with Gasteiger partial charge in [0.1, 0.15) is 5.75 Å². The van der Waals surface area contributed by atoms with Crippen molar-refractivity contribution >= 4 is 11.6 Å². The number of ether oxygens (including phenoxy) is 1. The summed E-state index contributed by atoms with van der Waals surface area (Å²) in [5.41, 5.74) is 5.25. The molecule has 0 saturated carbocycles. The van der Waals surface area contributed by atoms with Crippen LogP contribution in [0.5, 0.6) is 11.6 Å². The first kappa shape index (κ1) is 13.9. The van der Waals surface area contributed by atoms with E-state index in [1.807, 2.05) is 39.8 Å². The normalized spacial score (nSPS) is 10.6. The number of rotatable bonds is 2. The average Bonchev–Trinajstić information content (AvgIpc) is 2.29. The Balaban J connectivity index is 2.48. The summed E-state index contributed by atoms with van der Waals surface area (Å²) >= 11 is 6.04. The van der Waals surface area contributed by atoms with E-state index >= 15 is 0 Å². The number of aromatic nitrogens is 1. The van der Waals surface area contributed by atoms with E-state index in [0.717, 1.165) is 33.2 Å². The van der Waals surface area contributed by atoms with Crippen LogP contribution in [0.4, 0.5) is 0 Å². The summed E-state index contributed by atoms with van der Waals surface area (Å²) in [6.45, 7) is 10.1. The van der Waals surface area contributed by atoms with E-state index in [1.54, 1.807) is 0 Å². The van der Waals surface area contributed by atoms with Crippen molar-refractivity contribution in [3.8, 4) is 11.6 Å². The maximum absolute atomic E-state index is 6.04. The Hall–Kier alpha value is -1.54. The highest BCUT2D eigenvalue weighted by molar-refractivity contribution is 6.30. The van der Waals surface area contributed by atoms with Crippen LogP contribution in [0.3, 0.4) is 0 Å². The van der Waals surface area contributed by atoms with Gasteiger partial charge in [-0.25, -0.2) is 4.98 Å². The molecular formula is C16H18ClNO. The average molecular weight is 276 g/mol. The molecular weight excluding hydrogens is 258 g/mol. The van der Waals surface area contributed by atoms with Gasteiger partial charge in [-0.05, 0) is 69.5 Å². The van der Waals surface area contributed by atoms with E-state index in [4.69, 9.17) is 16.3 Å². The number of nitrogens with zero attached hydrogens (tertiary/aromatic N) is 1. The fourth-order valence-electron chi connectivity index (χ4n) is 2.12. The first-order chi connectivity index (χ1) is 8.88. The Morgan fingerprint density at radius 1 is 0.895 bits per heavy atom. The number of hydrogen-bond donors (Lipinski definition) is 0. The van der Waals surface area contributed by atoms with E-state index in [9.17, 15) is 0 Å². The van der Waals surface area contributed by atoms with Crippen LogP contribution in [0.1, 0.15) is 27.9 Å². The highest BCUT2D eigenvalue weighted by Crippen LogP contribution is 2.32. The first-order valence-electron chi connectivity index (χ1n) is 6.28. The molecule has 0 aliphatic carbocycles. The van der Waals surface area contributed by atoms with Crippen LogP contribution in [0, 0.1) is 34.6 Å². The summed E-state index contributed by atoms with van der Waals surface area (Å²) in [6, 6.07) is 5.87. The van der Waals surface area contributed by atoms with Gasteiger partial charge in [-0.15, -0.1) is 0 Å². The summed E-state index contributed by atoms with van der Waals surface area (Å²) in [4.78, 5) is 4.48. The lowest BCUT2D eigenvalue weighted by atomic mass is 10.1. The van der Waals surface area contributed by atoms with Gasteiger partial charge in [0.2, 0.25) is 5.88 Å². The van der Waals surface area contributed by atoms with Crippen LogP contribution < -0.4 is 4.74 Å². The SMILES string of the molecule is Cc1cc(C)c(C)c(Oc2c(C)cc(Cl)cc2C)n1. The molecule has 0 saturated heterocycles. The van der Waals surface area contributed by atoms with Crippen LogP contribution >= 0.6 is 11.6 Å². The summed E-state index contributed by atoms with van der Waals surface area (Å²) in [7, 11) is 0. The molecule has 0 fully saturated rings. The summed E-state index contributed by atoms with van der Waals surface area (Å²) in [5, 5.41) is 0.729. The lowest BCUT2D eigenvalue weighted by molar-refractivity contribution is 0.450. The third-order valence-corrected chi connectivity index (χ3v) is 3.46. The summed E-state index contributed by atoms with van der Waals surface area (Å²) in [5.74, 6) is 1.51. The number of hydrogen-bond acceptors (Lipinski definition) is 2. The van der Waals surface area contributed by atoms with Gasteiger partial charge in [-0.2, -0.15) is 0 Å². The Morgan fingerprint density at radius 3 is 2.05 bits per heavy atom. The lowest BCUT2D eigenvalue weighted by Gasteiger charge is -2.14. The van der Waals surface area contributed by atoms with Crippen LogP contribution in [-0.4, -0.2) is 4.98 Å². The van der Waals surface area contributed by atoms with Crippen molar-refractivity contribution in [2.24, 2.45) is 0 Å². The van der Waals surface area contributed by atoms with E-state index in [-0.39, 0.29) is 0 Å². The smallest absolute Gasteiger partial charge is 0.222 e. The fourth-order valence-corrected chi connectivity index (χ4v) is 2.45.